The van der Waals surface area contributed by atoms with Gasteiger partial charge < -0.3 is 10.2 Å². The Bertz CT molecular complexity index is 606. The Morgan fingerprint density at radius 2 is 1.91 bits per heavy atom. The SMILES string of the molecule is Cc1ccc(S(=O)(=O)O)cc1.[N-]=[N+]=NCCCN1CCNCC1. The molecule has 1 aliphatic rings. The number of piperazine rings is 1. The van der Waals surface area contributed by atoms with Gasteiger partial charge in [-0.15, -0.1) is 0 Å². The predicted molar refractivity (Wildman–Crippen MR) is 88.9 cm³/mol. The Kier molecular flexibility index (Phi) is 8.60. The van der Waals surface area contributed by atoms with Crippen LogP contribution in [0, 0.1) is 6.92 Å². The van der Waals surface area contributed by atoms with E-state index in [1.165, 1.54) is 12.1 Å². The van der Waals surface area contributed by atoms with Crippen LogP contribution in [0.2, 0.25) is 0 Å². The third-order valence-electron chi connectivity index (χ3n) is 3.32. The van der Waals surface area contributed by atoms with Gasteiger partial charge in [-0.05, 0) is 37.6 Å². The summed E-state index contributed by atoms with van der Waals surface area (Å²) in [4.78, 5) is 5.04. The second kappa shape index (κ2) is 10.2. The first kappa shape index (κ1) is 19.4. The topological polar surface area (TPSA) is 118 Å². The molecule has 0 atom stereocenters. The molecule has 128 valence electrons. The maximum absolute atomic E-state index is 10.5. The van der Waals surface area contributed by atoms with Crippen LogP contribution in [-0.4, -0.2) is 57.1 Å². The van der Waals surface area contributed by atoms with Crippen molar-refractivity contribution >= 4 is 10.1 Å². The van der Waals surface area contributed by atoms with Gasteiger partial charge in [0.05, 0.1) is 4.90 Å². The molecule has 1 aromatic rings. The molecule has 23 heavy (non-hydrogen) atoms. The van der Waals surface area contributed by atoms with Crippen LogP contribution < -0.4 is 5.32 Å². The molecule has 0 radical (unpaired) electrons. The van der Waals surface area contributed by atoms with Crippen LogP contribution in [0.15, 0.2) is 34.3 Å². The summed E-state index contributed by atoms with van der Waals surface area (Å²) in [6, 6.07) is 5.99. The van der Waals surface area contributed by atoms with Gasteiger partial charge in [0.1, 0.15) is 0 Å². The van der Waals surface area contributed by atoms with Gasteiger partial charge in [0.15, 0.2) is 0 Å². The smallest absolute Gasteiger partial charge is 0.294 e. The molecule has 9 heteroatoms. The van der Waals surface area contributed by atoms with Gasteiger partial charge in [-0.1, -0.05) is 22.8 Å². The molecular formula is C14H23N5O3S. The quantitative estimate of drug-likeness (QED) is 0.278. The van der Waals surface area contributed by atoms with E-state index in [1.54, 1.807) is 12.1 Å². The highest BCUT2D eigenvalue weighted by Crippen LogP contribution is 2.08. The lowest BCUT2D eigenvalue weighted by Gasteiger charge is -2.26. The highest BCUT2D eigenvalue weighted by Gasteiger charge is 2.07. The van der Waals surface area contributed by atoms with E-state index in [1.807, 2.05) is 6.92 Å². The fraction of sp³-hybridized carbons (Fsp3) is 0.571. The van der Waals surface area contributed by atoms with E-state index in [9.17, 15) is 8.42 Å². The molecule has 2 N–H and O–H groups in total. The second-order valence-corrected chi connectivity index (χ2v) is 6.61. The van der Waals surface area contributed by atoms with E-state index in [0.717, 1.165) is 44.7 Å². The number of nitrogens with one attached hydrogen (secondary N) is 1. The van der Waals surface area contributed by atoms with E-state index in [0.29, 0.717) is 6.54 Å². The molecular weight excluding hydrogens is 318 g/mol. The molecule has 0 aromatic heterocycles. The number of benzene rings is 1. The fourth-order valence-corrected chi connectivity index (χ4v) is 2.53. The van der Waals surface area contributed by atoms with Crippen LogP contribution in [0.4, 0.5) is 0 Å². The summed E-state index contributed by atoms with van der Waals surface area (Å²) in [5.74, 6) is 0. The normalized spacial score (nSPS) is 15.2. The number of aryl methyl sites for hydroxylation is 1. The maximum atomic E-state index is 10.5. The average molecular weight is 341 g/mol. The van der Waals surface area contributed by atoms with Crippen LogP contribution in [0.25, 0.3) is 10.4 Å². The summed E-state index contributed by atoms with van der Waals surface area (Å²) >= 11 is 0. The van der Waals surface area contributed by atoms with Crippen molar-refractivity contribution in [3.8, 4) is 0 Å². The van der Waals surface area contributed by atoms with Crippen LogP contribution in [0.3, 0.4) is 0 Å². The molecule has 0 unspecified atom stereocenters. The zero-order valence-electron chi connectivity index (χ0n) is 13.2. The number of rotatable bonds is 5. The summed E-state index contributed by atoms with van der Waals surface area (Å²) in [6.45, 7) is 7.93. The van der Waals surface area contributed by atoms with Crippen molar-refractivity contribution in [2.24, 2.45) is 5.11 Å². The van der Waals surface area contributed by atoms with Gasteiger partial charge in [-0.25, -0.2) is 0 Å². The Hall–Kier alpha value is -1.64. The van der Waals surface area contributed by atoms with Crippen LogP contribution >= 0.6 is 0 Å². The van der Waals surface area contributed by atoms with Crippen molar-refractivity contribution in [1.82, 2.24) is 10.2 Å². The van der Waals surface area contributed by atoms with Crippen molar-refractivity contribution in [1.29, 1.82) is 0 Å². The van der Waals surface area contributed by atoms with Crippen LogP contribution in [-0.2, 0) is 10.1 Å². The number of nitrogens with zero attached hydrogens (tertiary/aromatic N) is 4. The third kappa shape index (κ3) is 8.53. The first-order valence-electron chi connectivity index (χ1n) is 7.41. The zero-order chi connectivity index (χ0) is 17.1. The van der Waals surface area contributed by atoms with Crippen molar-refractivity contribution in [2.45, 2.75) is 18.2 Å². The van der Waals surface area contributed by atoms with E-state index >= 15 is 0 Å². The molecule has 1 saturated heterocycles. The minimum Gasteiger partial charge on any atom is -0.314 e. The van der Waals surface area contributed by atoms with E-state index in [4.69, 9.17) is 10.1 Å². The van der Waals surface area contributed by atoms with Gasteiger partial charge in [-0.2, -0.15) is 8.42 Å². The molecule has 0 bridgehead atoms. The molecule has 1 fully saturated rings. The van der Waals surface area contributed by atoms with Crippen LogP contribution in [0.1, 0.15) is 12.0 Å². The van der Waals surface area contributed by atoms with Gasteiger partial charge in [0.25, 0.3) is 10.1 Å². The van der Waals surface area contributed by atoms with Crippen molar-refractivity contribution < 1.29 is 13.0 Å². The molecule has 0 aliphatic carbocycles. The second-order valence-electron chi connectivity index (χ2n) is 5.19. The monoisotopic (exact) mass is 341 g/mol. The number of azide groups is 1. The molecule has 0 spiro atoms. The predicted octanol–water partition coefficient (Wildman–Crippen LogP) is 1.83. The maximum Gasteiger partial charge on any atom is 0.294 e. The minimum atomic E-state index is -4.02. The van der Waals surface area contributed by atoms with Gasteiger partial charge in [-0.3, -0.25) is 4.55 Å². The fourth-order valence-electron chi connectivity index (χ4n) is 2.05. The van der Waals surface area contributed by atoms with Gasteiger partial charge in [0, 0.05) is 37.6 Å². The number of hydrogen-bond donors (Lipinski definition) is 2. The molecule has 1 aliphatic heterocycles. The Morgan fingerprint density at radius 3 is 2.43 bits per heavy atom. The van der Waals surface area contributed by atoms with Crippen molar-refractivity contribution in [2.75, 3.05) is 39.3 Å². The first-order chi connectivity index (χ1) is 10.9. The summed E-state index contributed by atoms with van der Waals surface area (Å²) in [5.41, 5.74) is 8.99. The Balaban J connectivity index is 0.000000231. The Morgan fingerprint density at radius 1 is 1.30 bits per heavy atom. The lowest BCUT2D eigenvalue weighted by Crippen LogP contribution is -2.43. The third-order valence-corrected chi connectivity index (χ3v) is 4.19. The molecule has 8 nitrogen and oxygen atoms in total. The number of hydrogen-bond acceptors (Lipinski definition) is 5. The molecule has 1 aromatic carbocycles. The molecule has 1 heterocycles. The van der Waals surface area contributed by atoms with Crippen molar-refractivity contribution in [3.63, 3.8) is 0 Å². The van der Waals surface area contributed by atoms with Gasteiger partial charge in [0.2, 0.25) is 0 Å². The van der Waals surface area contributed by atoms with Crippen LogP contribution in [0.5, 0.6) is 0 Å². The van der Waals surface area contributed by atoms with E-state index < -0.39 is 10.1 Å². The molecule has 0 saturated carbocycles. The Labute approximate surface area is 136 Å². The van der Waals surface area contributed by atoms with Gasteiger partial charge >= 0.3 is 0 Å². The first-order valence-corrected chi connectivity index (χ1v) is 8.85. The lowest BCUT2D eigenvalue weighted by atomic mass is 10.2. The zero-order valence-corrected chi connectivity index (χ0v) is 14.0. The largest absolute Gasteiger partial charge is 0.314 e. The lowest BCUT2D eigenvalue weighted by molar-refractivity contribution is 0.240. The van der Waals surface area contributed by atoms with Crippen molar-refractivity contribution in [3.05, 3.63) is 40.3 Å². The van der Waals surface area contributed by atoms with E-state index in [2.05, 4.69) is 20.2 Å². The minimum absolute atomic E-state index is 0.0666. The average Bonchev–Trinajstić information content (AvgIpc) is 2.53. The summed E-state index contributed by atoms with van der Waals surface area (Å²) in [6.07, 6.45) is 0.976. The summed E-state index contributed by atoms with van der Waals surface area (Å²) < 4.78 is 29.6. The highest BCUT2D eigenvalue weighted by atomic mass is 32.2. The highest BCUT2D eigenvalue weighted by molar-refractivity contribution is 7.85. The van der Waals surface area contributed by atoms with E-state index in [-0.39, 0.29) is 4.90 Å². The summed E-state index contributed by atoms with van der Waals surface area (Å²) in [5, 5.41) is 6.79. The molecule has 2 rings (SSSR count). The standard InChI is InChI=1S/C7H15N5.C7H8O3S/c8-11-10-2-1-5-12-6-3-9-4-7-12;1-6-2-4-7(5-3-6)11(8,9)10/h9H,1-7H2;2-5H,1H3,(H,8,9,10). The molecule has 0 amide bonds. The summed E-state index contributed by atoms with van der Waals surface area (Å²) in [7, 11) is -4.02.